The summed E-state index contributed by atoms with van der Waals surface area (Å²) in [5.74, 6) is 0. The quantitative estimate of drug-likeness (QED) is 0.115. The second-order valence-electron chi connectivity index (χ2n) is 36.6. The van der Waals surface area contributed by atoms with E-state index in [1.165, 1.54) is 83.3 Å². The summed E-state index contributed by atoms with van der Waals surface area (Å²) < 4.78 is 27.3. The number of hydrogen-bond donors (Lipinski definition) is 0. The van der Waals surface area contributed by atoms with Gasteiger partial charge in [-0.05, 0) is 278 Å². The number of benzene rings is 22. The van der Waals surface area contributed by atoms with Crippen molar-refractivity contribution in [3.63, 3.8) is 0 Å². The number of fused-ring (bicyclic) bond motifs is 27. The minimum Gasteiger partial charge on any atom is -0.456 e. The predicted octanol–water partition coefficient (Wildman–Crippen LogP) is 35.6. The van der Waals surface area contributed by atoms with E-state index in [0.717, 1.165) is 194 Å². The molecule has 0 unspecified atom stereocenters. The smallest absolute Gasteiger partial charge is 0.136 e. The molecule has 0 saturated heterocycles. The van der Waals surface area contributed by atoms with Gasteiger partial charge in [-0.2, -0.15) is 0 Å². The van der Waals surface area contributed by atoms with E-state index in [1.54, 1.807) is 0 Å². The molecule has 136 heavy (non-hydrogen) atoms. The van der Waals surface area contributed by atoms with Crippen molar-refractivity contribution in [1.29, 1.82) is 0 Å². The molecule has 0 aliphatic heterocycles. The molecule has 0 saturated carbocycles. The molecular weight excluding hydrogens is 1650 g/mol. The highest BCUT2D eigenvalue weighted by Gasteiger charge is 2.52. The van der Waals surface area contributed by atoms with Gasteiger partial charge in [-0.3, -0.25) is 0 Å². The molecule has 4 aromatic heterocycles. The first-order valence-corrected chi connectivity index (χ1v) is 46.8. The molecule has 0 atom stereocenters. The zero-order chi connectivity index (χ0) is 89.0. The number of rotatable bonds is 13. The summed E-state index contributed by atoms with van der Waals surface area (Å²) in [6.45, 7) is 0. The first kappa shape index (κ1) is 75.9. The highest BCUT2D eigenvalue weighted by Crippen LogP contribution is 2.65. The molecule has 632 valence electrons. The maximum atomic E-state index is 7.12. The Kier molecular flexibility index (Phi) is 16.4. The summed E-state index contributed by atoms with van der Waals surface area (Å²) in [5, 5.41) is 13.1. The molecule has 0 radical (unpaired) electrons. The molecule has 3 aliphatic rings. The second-order valence-corrected chi connectivity index (χ2v) is 36.6. The zero-order valence-corrected chi connectivity index (χ0v) is 73.6. The van der Waals surface area contributed by atoms with E-state index >= 15 is 0 Å². The Balaban J connectivity index is 0.552. The number of hydrogen-bond acceptors (Lipinski definition) is 6. The number of para-hydroxylation sites is 3. The van der Waals surface area contributed by atoms with Crippen molar-refractivity contribution in [2.45, 2.75) is 10.8 Å². The lowest BCUT2D eigenvalue weighted by Crippen LogP contribution is -2.28. The molecule has 3 aliphatic carbocycles. The summed E-state index contributed by atoms with van der Waals surface area (Å²) in [6.07, 6.45) is 0. The summed E-state index contributed by atoms with van der Waals surface area (Å²) in [5.41, 5.74) is 40.1. The van der Waals surface area contributed by atoms with Gasteiger partial charge in [0.2, 0.25) is 0 Å². The highest BCUT2D eigenvalue weighted by atomic mass is 16.3. The molecule has 0 bridgehead atoms. The van der Waals surface area contributed by atoms with E-state index in [9.17, 15) is 0 Å². The number of furan rings is 4. The van der Waals surface area contributed by atoms with Gasteiger partial charge < -0.3 is 27.5 Å². The van der Waals surface area contributed by atoms with Gasteiger partial charge >= 0.3 is 0 Å². The van der Waals surface area contributed by atoms with Crippen molar-refractivity contribution in [3.05, 3.63) is 518 Å². The minimum atomic E-state index is -0.618. The van der Waals surface area contributed by atoms with Crippen LogP contribution in [0.15, 0.2) is 491 Å². The predicted molar refractivity (Wildman–Crippen MR) is 561 cm³/mol. The second kappa shape index (κ2) is 29.3. The average Bonchev–Trinajstić information content (AvgIpc) is 1.50. The molecule has 4 heterocycles. The van der Waals surface area contributed by atoms with E-state index in [-0.39, 0.29) is 0 Å². The third-order valence-corrected chi connectivity index (χ3v) is 29.7. The Morgan fingerprint density at radius 3 is 1.15 bits per heavy atom. The van der Waals surface area contributed by atoms with Crippen LogP contribution in [0.4, 0.5) is 34.1 Å². The third-order valence-electron chi connectivity index (χ3n) is 29.7. The molecule has 29 rings (SSSR count). The largest absolute Gasteiger partial charge is 0.456 e. The van der Waals surface area contributed by atoms with Gasteiger partial charge in [-0.15, -0.1) is 0 Å². The van der Waals surface area contributed by atoms with Gasteiger partial charge in [0, 0.05) is 82.5 Å². The summed E-state index contributed by atoms with van der Waals surface area (Å²) in [7, 11) is 0. The Labute approximate surface area is 783 Å². The monoisotopic (exact) mass is 1730 g/mol. The maximum Gasteiger partial charge on any atom is 0.136 e. The SMILES string of the molecule is c1ccc(C2(c3ccccc3)c3ccccc3-c3ccc(N(c4ccc(-c5ccc6oc7cc(-c8c9ccccc9cc9oc%10ccc(-c%11ccccc%11N(c%11ccc(-c%12cccc%13oc%14ccccc%14c%12%13)cc%11)c%11ccc%12c(c%11)C%11(c%13ccccc%13-c%13ccccc%13%11)c%11ccccc%11-%12)cc%10c89)ccc7c6c5)cc4)c4ccccc4-c4ccc5oc6cc7ccccc7cc6c5c4)cc32)cc1. The van der Waals surface area contributed by atoms with Crippen LogP contribution in [0.5, 0.6) is 0 Å². The van der Waals surface area contributed by atoms with Gasteiger partial charge in [0.1, 0.15) is 44.7 Å². The van der Waals surface area contributed by atoms with Crippen LogP contribution in [0.1, 0.15) is 44.5 Å². The van der Waals surface area contributed by atoms with Crippen molar-refractivity contribution in [3.8, 4) is 89.0 Å². The topological polar surface area (TPSA) is 59.0 Å². The zero-order valence-electron chi connectivity index (χ0n) is 73.6. The fourth-order valence-electron chi connectivity index (χ4n) is 23.9. The first-order valence-electron chi connectivity index (χ1n) is 46.8. The van der Waals surface area contributed by atoms with Crippen LogP contribution in [0.2, 0.25) is 0 Å². The number of nitrogens with zero attached hydrogens (tertiary/aromatic N) is 2. The van der Waals surface area contributed by atoms with Crippen LogP contribution in [0.3, 0.4) is 0 Å². The lowest BCUT2D eigenvalue weighted by molar-refractivity contribution is 0.668. The molecule has 6 nitrogen and oxygen atoms in total. The Morgan fingerprint density at radius 1 is 0.162 bits per heavy atom. The molecule has 6 heteroatoms. The van der Waals surface area contributed by atoms with Crippen molar-refractivity contribution in [2.24, 2.45) is 0 Å². The van der Waals surface area contributed by atoms with Crippen molar-refractivity contribution < 1.29 is 17.7 Å². The Morgan fingerprint density at radius 2 is 0.544 bits per heavy atom. The van der Waals surface area contributed by atoms with E-state index in [4.69, 9.17) is 17.7 Å². The lowest BCUT2D eigenvalue weighted by Gasteiger charge is -2.35. The summed E-state index contributed by atoms with van der Waals surface area (Å²) in [6, 6.07) is 174. The highest BCUT2D eigenvalue weighted by molar-refractivity contribution is 6.23. The fraction of sp³-hybridized carbons (Fsp3) is 0.0154. The summed E-state index contributed by atoms with van der Waals surface area (Å²) >= 11 is 0. The fourth-order valence-corrected chi connectivity index (χ4v) is 23.9. The molecule has 22 aromatic carbocycles. The van der Waals surface area contributed by atoms with Crippen LogP contribution >= 0.6 is 0 Å². The molecule has 26 aromatic rings. The average molecular weight is 1730 g/mol. The van der Waals surface area contributed by atoms with Gasteiger partial charge in [-0.1, -0.05) is 334 Å². The summed E-state index contributed by atoms with van der Waals surface area (Å²) in [4.78, 5) is 4.94. The van der Waals surface area contributed by atoms with Gasteiger partial charge in [0.25, 0.3) is 0 Å². The normalized spacial score (nSPS) is 13.1. The lowest BCUT2D eigenvalue weighted by atomic mass is 9.67. The van der Waals surface area contributed by atoms with Gasteiger partial charge in [0.15, 0.2) is 0 Å². The van der Waals surface area contributed by atoms with Gasteiger partial charge in [-0.25, -0.2) is 0 Å². The van der Waals surface area contributed by atoms with Crippen LogP contribution < -0.4 is 9.80 Å². The van der Waals surface area contributed by atoms with Crippen molar-refractivity contribution >= 4 is 143 Å². The molecule has 1 spiro atoms. The van der Waals surface area contributed by atoms with E-state index < -0.39 is 10.8 Å². The van der Waals surface area contributed by atoms with Crippen LogP contribution in [0, 0.1) is 0 Å². The third kappa shape index (κ3) is 11.1. The van der Waals surface area contributed by atoms with Crippen molar-refractivity contribution in [2.75, 3.05) is 9.80 Å². The minimum absolute atomic E-state index is 0.558. The molecule has 0 fully saturated rings. The molecule has 0 N–H and O–H groups in total. The van der Waals surface area contributed by atoms with Crippen LogP contribution in [-0.2, 0) is 10.8 Å². The van der Waals surface area contributed by atoms with Crippen molar-refractivity contribution in [1.82, 2.24) is 0 Å². The first-order chi connectivity index (χ1) is 67.4. The standard InChI is InChI=1S/C130H78N2O4/c1-3-29-88(30-4-1)129(89-31-5-2-6-32-89)110-42-18-11-38-100(110)102-65-62-92(77-114(102)129)131(116-46-22-15-33-94(116)85-56-68-120-107(72-85)108-70-81-26-7-8-27-82(81)74-124(108)135-120)90-58-50-79(51-59-90)83-55-67-119-106(71-83)104-64-54-87(76-123(104)134-119)126-97-35-10-9-28-84(97)75-125-128(126)109-73-86(57-69-121(109)136-125)95-34-16-23-47-117(95)132(91-60-52-80(53-61-91)96-41-25-49-122-127(96)105-40-17-24-48-118(105)133-122)93-63-66-103-101-39-14-21-45-113(101)130(115(103)78-93)111-43-19-12-36-98(111)99-37-13-20-44-112(99)130/h1-78H. The molecular formula is C130H78N2O4. The van der Waals surface area contributed by atoms with Gasteiger partial charge in [0.05, 0.1) is 22.2 Å². The van der Waals surface area contributed by atoms with E-state index in [0.29, 0.717) is 0 Å². The van der Waals surface area contributed by atoms with Crippen LogP contribution in [-0.4, -0.2) is 0 Å². The molecule has 0 amide bonds. The van der Waals surface area contributed by atoms with E-state index in [2.05, 4.69) is 477 Å². The maximum absolute atomic E-state index is 7.12. The van der Waals surface area contributed by atoms with Crippen LogP contribution in [0.25, 0.3) is 198 Å². The Hall–Kier alpha value is -17.8. The number of anilines is 6. The Bertz CT molecular complexity index is 9420. The van der Waals surface area contributed by atoms with E-state index in [1.807, 2.05) is 6.07 Å².